The minimum Gasteiger partial charge on any atom is -0.332 e. The van der Waals surface area contributed by atoms with Gasteiger partial charge < -0.3 is 4.90 Å². The van der Waals surface area contributed by atoms with Crippen LogP contribution in [0.3, 0.4) is 0 Å². The molecule has 0 bridgehead atoms. The number of piperazine rings is 1. The first-order valence-corrected chi connectivity index (χ1v) is 5.40. The molecule has 1 amide bonds. The third-order valence-electron chi connectivity index (χ3n) is 2.82. The van der Waals surface area contributed by atoms with E-state index >= 15 is 0 Å². The average molecular weight is 249 g/mol. The molecule has 1 atom stereocenters. The number of hydrogen-bond acceptors (Lipinski definition) is 3. The lowest BCUT2D eigenvalue weighted by Gasteiger charge is -2.36. The Kier molecular flexibility index (Phi) is 4.34. The van der Waals surface area contributed by atoms with Gasteiger partial charge in [0.15, 0.2) is 0 Å². The number of carbonyl (C=O) groups is 1. The first kappa shape index (κ1) is 13.8. The second-order valence-corrected chi connectivity index (χ2v) is 3.88. The van der Waals surface area contributed by atoms with Gasteiger partial charge in [0.05, 0.1) is 12.1 Å². The van der Waals surface area contributed by atoms with Crippen LogP contribution in [0.5, 0.6) is 0 Å². The van der Waals surface area contributed by atoms with Crippen LogP contribution in [0.15, 0.2) is 0 Å². The minimum absolute atomic E-state index is 0.0243. The maximum Gasteiger partial charge on any atom is 0.471 e. The highest BCUT2D eigenvalue weighted by Crippen LogP contribution is 2.20. The maximum atomic E-state index is 12.2. The summed E-state index contributed by atoms with van der Waals surface area (Å²) in [6, 6.07) is 1.82. The van der Waals surface area contributed by atoms with Crippen molar-refractivity contribution < 1.29 is 18.0 Å². The SMILES string of the molecule is CCC(C#N)N1CCN(C(=O)C(F)(F)F)CC1. The van der Waals surface area contributed by atoms with Crippen molar-refractivity contribution in [3.8, 4) is 6.07 Å². The summed E-state index contributed by atoms with van der Waals surface area (Å²) in [7, 11) is 0. The van der Waals surface area contributed by atoms with E-state index in [1.54, 1.807) is 4.90 Å². The fraction of sp³-hybridized carbons (Fsp3) is 0.800. The van der Waals surface area contributed by atoms with E-state index in [0.717, 1.165) is 4.90 Å². The van der Waals surface area contributed by atoms with Crippen LogP contribution in [0.4, 0.5) is 13.2 Å². The lowest BCUT2D eigenvalue weighted by atomic mass is 10.2. The number of amides is 1. The Morgan fingerprint density at radius 1 is 1.35 bits per heavy atom. The molecule has 7 heteroatoms. The lowest BCUT2D eigenvalue weighted by Crippen LogP contribution is -2.54. The highest BCUT2D eigenvalue weighted by Gasteiger charge is 2.43. The van der Waals surface area contributed by atoms with E-state index < -0.39 is 12.1 Å². The summed E-state index contributed by atoms with van der Waals surface area (Å²) >= 11 is 0. The third-order valence-corrected chi connectivity index (χ3v) is 2.82. The van der Waals surface area contributed by atoms with Crippen LogP contribution in [-0.4, -0.2) is 54.1 Å². The number of halogens is 3. The summed E-state index contributed by atoms with van der Waals surface area (Å²) in [4.78, 5) is 13.6. The Labute approximate surface area is 97.6 Å². The van der Waals surface area contributed by atoms with E-state index in [4.69, 9.17) is 5.26 Å². The van der Waals surface area contributed by atoms with Crippen LogP contribution in [0.25, 0.3) is 0 Å². The van der Waals surface area contributed by atoms with E-state index in [0.29, 0.717) is 19.5 Å². The molecule has 1 rings (SSSR count). The molecule has 17 heavy (non-hydrogen) atoms. The summed E-state index contributed by atoms with van der Waals surface area (Å²) < 4.78 is 36.5. The molecule has 0 saturated carbocycles. The molecule has 1 aliphatic heterocycles. The normalized spacial score (nSPS) is 19.8. The predicted octanol–water partition coefficient (Wildman–Crippen LogP) is 0.995. The van der Waals surface area contributed by atoms with Gasteiger partial charge in [-0.15, -0.1) is 0 Å². The molecule has 0 aromatic rings. The van der Waals surface area contributed by atoms with E-state index in [1.807, 2.05) is 6.92 Å². The molecule has 0 spiro atoms. The van der Waals surface area contributed by atoms with Gasteiger partial charge in [0.25, 0.3) is 0 Å². The molecule has 96 valence electrons. The molecule has 0 aliphatic carbocycles. The van der Waals surface area contributed by atoms with Crippen molar-refractivity contribution in [2.45, 2.75) is 25.6 Å². The summed E-state index contributed by atoms with van der Waals surface area (Å²) in [5.41, 5.74) is 0. The molecular formula is C10H14F3N3O. The smallest absolute Gasteiger partial charge is 0.332 e. The zero-order valence-corrected chi connectivity index (χ0v) is 9.50. The zero-order chi connectivity index (χ0) is 13.1. The first-order valence-electron chi connectivity index (χ1n) is 5.40. The number of hydrogen-bond donors (Lipinski definition) is 0. The summed E-state index contributed by atoms with van der Waals surface area (Å²) in [6.07, 6.45) is -4.18. The van der Waals surface area contributed by atoms with Gasteiger partial charge in [0.2, 0.25) is 0 Å². The monoisotopic (exact) mass is 249 g/mol. The van der Waals surface area contributed by atoms with E-state index in [-0.39, 0.29) is 19.1 Å². The number of alkyl halides is 3. The van der Waals surface area contributed by atoms with Gasteiger partial charge in [-0.2, -0.15) is 18.4 Å². The Bertz CT molecular complexity index is 316. The predicted molar refractivity (Wildman–Crippen MR) is 53.9 cm³/mol. The van der Waals surface area contributed by atoms with Crippen molar-refractivity contribution in [3.63, 3.8) is 0 Å². The Morgan fingerprint density at radius 2 is 1.88 bits per heavy atom. The quantitative estimate of drug-likeness (QED) is 0.733. The molecule has 0 radical (unpaired) electrons. The van der Waals surface area contributed by atoms with E-state index in [1.165, 1.54) is 0 Å². The van der Waals surface area contributed by atoms with Gasteiger partial charge in [-0.25, -0.2) is 0 Å². The third kappa shape index (κ3) is 3.33. The maximum absolute atomic E-state index is 12.2. The van der Waals surface area contributed by atoms with Gasteiger partial charge in [0, 0.05) is 26.2 Å². The van der Waals surface area contributed by atoms with E-state index in [9.17, 15) is 18.0 Å². The number of rotatable bonds is 2. The Hall–Kier alpha value is -1.29. The van der Waals surface area contributed by atoms with Gasteiger partial charge in [-0.3, -0.25) is 9.69 Å². The fourth-order valence-corrected chi connectivity index (χ4v) is 1.85. The van der Waals surface area contributed by atoms with Crippen molar-refractivity contribution in [1.82, 2.24) is 9.80 Å². The highest BCUT2D eigenvalue weighted by molar-refractivity contribution is 5.81. The zero-order valence-electron chi connectivity index (χ0n) is 9.50. The first-order chi connectivity index (χ1) is 7.90. The summed E-state index contributed by atoms with van der Waals surface area (Å²) in [5, 5.41) is 8.83. The molecule has 0 N–H and O–H groups in total. The molecular weight excluding hydrogens is 235 g/mol. The molecule has 0 aromatic heterocycles. The van der Waals surface area contributed by atoms with Crippen molar-refractivity contribution in [2.75, 3.05) is 26.2 Å². The fourth-order valence-electron chi connectivity index (χ4n) is 1.85. The van der Waals surface area contributed by atoms with Crippen molar-refractivity contribution in [2.24, 2.45) is 0 Å². The van der Waals surface area contributed by atoms with Gasteiger partial charge in [-0.1, -0.05) is 6.92 Å². The van der Waals surface area contributed by atoms with Gasteiger partial charge in [-0.05, 0) is 6.42 Å². The van der Waals surface area contributed by atoms with Crippen LogP contribution in [-0.2, 0) is 4.79 Å². The van der Waals surface area contributed by atoms with Crippen molar-refractivity contribution in [1.29, 1.82) is 5.26 Å². The van der Waals surface area contributed by atoms with Gasteiger partial charge in [0.1, 0.15) is 0 Å². The van der Waals surface area contributed by atoms with Crippen LogP contribution < -0.4 is 0 Å². The summed E-state index contributed by atoms with van der Waals surface area (Å²) in [6.45, 7) is 2.52. The molecule has 1 heterocycles. The van der Waals surface area contributed by atoms with Crippen molar-refractivity contribution in [3.05, 3.63) is 0 Å². The van der Waals surface area contributed by atoms with Crippen LogP contribution >= 0.6 is 0 Å². The molecule has 1 fully saturated rings. The number of nitrogens with zero attached hydrogens (tertiary/aromatic N) is 3. The van der Waals surface area contributed by atoms with Gasteiger partial charge >= 0.3 is 12.1 Å². The molecule has 1 unspecified atom stereocenters. The molecule has 1 saturated heterocycles. The van der Waals surface area contributed by atoms with Crippen LogP contribution in [0.1, 0.15) is 13.3 Å². The summed E-state index contributed by atoms with van der Waals surface area (Å²) in [5.74, 6) is -1.79. The average Bonchev–Trinajstić information content (AvgIpc) is 2.29. The van der Waals surface area contributed by atoms with E-state index in [2.05, 4.69) is 6.07 Å². The number of nitriles is 1. The molecule has 4 nitrogen and oxygen atoms in total. The Balaban J connectivity index is 2.52. The van der Waals surface area contributed by atoms with Crippen molar-refractivity contribution >= 4 is 5.91 Å². The largest absolute Gasteiger partial charge is 0.471 e. The topological polar surface area (TPSA) is 47.3 Å². The molecule has 0 aromatic carbocycles. The standard InChI is InChI=1S/C10H14F3N3O/c1-2-8(7-14)15-3-5-16(6-4-15)9(17)10(11,12)13/h8H,2-6H2,1H3. The van der Waals surface area contributed by atoms with Crippen LogP contribution in [0, 0.1) is 11.3 Å². The second-order valence-electron chi connectivity index (χ2n) is 3.88. The minimum atomic E-state index is -4.80. The Morgan fingerprint density at radius 3 is 2.24 bits per heavy atom. The highest BCUT2D eigenvalue weighted by atomic mass is 19.4. The van der Waals surface area contributed by atoms with Crippen LogP contribution in [0.2, 0.25) is 0 Å². The second kappa shape index (κ2) is 5.36. The molecule has 1 aliphatic rings. The lowest BCUT2D eigenvalue weighted by molar-refractivity contribution is -0.187. The number of carbonyl (C=O) groups excluding carboxylic acids is 1.